The van der Waals surface area contributed by atoms with E-state index in [4.69, 9.17) is 19.2 Å². The van der Waals surface area contributed by atoms with Gasteiger partial charge in [0.1, 0.15) is 0 Å². The zero-order chi connectivity index (χ0) is 4.50. The van der Waals surface area contributed by atoms with Crippen LogP contribution in [0.25, 0.3) is 0 Å². The number of rotatable bonds is 0. The van der Waals surface area contributed by atoms with Crippen molar-refractivity contribution in [2.45, 2.75) is 0 Å². The molecule has 8 heteroatoms. The van der Waals surface area contributed by atoms with E-state index in [1.807, 2.05) is 0 Å². The third-order valence-electron chi connectivity index (χ3n) is 0. The van der Waals surface area contributed by atoms with Crippen LogP contribution in [0.1, 0.15) is 7.13 Å². The molecule has 0 aliphatic heterocycles. The molecule has 42 valence electrons. The summed E-state index contributed by atoms with van der Waals surface area (Å²) in [6.07, 6.45) is 0. The second-order valence-corrected chi connectivity index (χ2v) is 1.54. The van der Waals surface area contributed by atoms with Gasteiger partial charge in [-0.2, -0.15) is 0 Å². The molecule has 0 aliphatic carbocycles. The molecule has 0 atom stereocenters. The van der Waals surface area contributed by atoms with Crippen molar-refractivity contribution in [3.05, 3.63) is 0 Å². The van der Waals surface area contributed by atoms with E-state index >= 15 is 0 Å². The predicted octanol–water partition coefficient (Wildman–Crippen LogP) is -4.12. The largest absolute Gasteiger partial charge is 2.00 e. The van der Waals surface area contributed by atoms with Crippen LogP contribution < -0.4 is 51.4 Å². The van der Waals surface area contributed by atoms with Crippen molar-refractivity contribution in [1.82, 2.24) is 0 Å². The molecule has 0 rings (SSSR count). The van der Waals surface area contributed by atoms with Crippen LogP contribution >= 0.6 is 7.82 Å². The summed E-state index contributed by atoms with van der Waals surface area (Å²) in [4.78, 5) is 21.6. The molecule has 0 aromatic rings. The number of phosphoric acid groups is 1. The molecule has 8 heavy (non-hydrogen) atoms. The van der Waals surface area contributed by atoms with Crippen molar-refractivity contribution in [2.75, 3.05) is 0 Å². The van der Waals surface area contributed by atoms with Crippen molar-refractivity contribution < 1.29 is 77.8 Å². The fourth-order valence-electron chi connectivity index (χ4n) is 0. The third-order valence-corrected chi connectivity index (χ3v) is 0. The van der Waals surface area contributed by atoms with Crippen molar-refractivity contribution in [3.63, 3.8) is 0 Å². The molecule has 0 fully saturated rings. The van der Waals surface area contributed by atoms with E-state index in [-0.39, 0.29) is 142 Å². The second kappa shape index (κ2) is 11.5. The standard InChI is InChI=1S/Ca.K.H3O4P.Sr.5H/c;;1-5(2,3)4;;;;;;/h;;(H3,1,2,3,4);;;;;;/q+2;+1;;+2;5*-1. The Morgan fingerprint density at radius 3 is 1.25 bits per heavy atom. The Bertz CT molecular complexity index is 74.7. The Morgan fingerprint density at radius 1 is 1.25 bits per heavy atom. The second-order valence-electron chi connectivity index (χ2n) is 0.513. The zero-order valence-electron chi connectivity index (χ0n) is 9.61. The minimum absolute atomic E-state index is 0. The Morgan fingerprint density at radius 2 is 1.25 bits per heavy atom. The summed E-state index contributed by atoms with van der Waals surface area (Å²) in [7, 11) is -4.64. The SMILES string of the molecule is O=P(O)(O)O.[Ca+2].[H-].[H-].[H-].[H-].[H-].[K+].[Sr+2]. The first kappa shape index (κ1) is 22.9. The van der Waals surface area contributed by atoms with Gasteiger partial charge >= 0.3 is 142 Å². The van der Waals surface area contributed by atoms with E-state index in [1.54, 1.807) is 0 Å². The van der Waals surface area contributed by atoms with E-state index in [0.29, 0.717) is 0 Å². The summed E-state index contributed by atoms with van der Waals surface area (Å²) in [5.74, 6) is 0. The minimum atomic E-state index is -4.64. The molecule has 0 aromatic heterocycles. The van der Waals surface area contributed by atoms with E-state index in [9.17, 15) is 0 Å². The predicted molar refractivity (Wildman–Crippen MR) is 31.3 cm³/mol. The zero-order valence-corrected chi connectivity index (χ0v) is 14.3. The molecule has 0 aliphatic rings. The van der Waals surface area contributed by atoms with Crippen molar-refractivity contribution in [3.8, 4) is 0 Å². The van der Waals surface area contributed by atoms with Gasteiger partial charge in [-0.15, -0.1) is 0 Å². The van der Waals surface area contributed by atoms with Gasteiger partial charge in [0.25, 0.3) is 0 Å². The summed E-state index contributed by atoms with van der Waals surface area (Å²) in [6, 6.07) is 0. The van der Waals surface area contributed by atoms with Crippen molar-refractivity contribution in [2.24, 2.45) is 0 Å². The van der Waals surface area contributed by atoms with Gasteiger partial charge in [-0.25, -0.2) is 4.57 Å². The molecule has 0 bridgehead atoms. The molecule has 0 heterocycles. The normalized spacial score (nSPS) is 7.38. The molecule has 3 N–H and O–H groups in total. The summed E-state index contributed by atoms with van der Waals surface area (Å²) >= 11 is 0. The van der Waals surface area contributed by atoms with Crippen LogP contribution in [0.4, 0.5) is 0 Å². The smallest absolute Gasteiger partial charge is 1.00 e. The van der Waals surface area contributed by atoms with Gasteiger partial charge in [0.2, 0.25) is 0 Å². The molecule has 0 saturated heterocycles. The topological polar surface area (TPSA) is 77.8 Å². The summed E-state index contributed by atoms with van der Waals surface area (Å²) in [6.45, 7) is 0. The van der Waals surface area contributed by atoms with Gasteiger partial charge in [0, 0.05) is 0 Å². The summed E-state index contributed by atoms with van der Waals surface area (Å²) < 4.78 is 8.88. The van der Waals surface area contributed by atoms with Gasteiger partial charge in [0.05, 0.1) is 0 Å². The molecule has 0 saturated carbocycles. The van der Waals surface area contributed by atoms with Crippen LogP contribution in [0.2, 0.25) is 0 Å². The first-order valence-electron chi connectivity index (χ1n) is 0.783. The van der Waals surface area contributed by atoms with Gasteiger partial charge in [-0.1, -0.05) is 0 Å². The number of hydrogen-bond donors (Lipinski definition) is 3. The van der Waals surface area contributed by atoms with Crippen molar-refractivity contribution >= 4 is 91.0 Å². The van der Waals surface area contributed by atoms with Crippen LogP contribution in [-0.4, -0.2) is 97.9 Å². The van der Waals surface area contributed by atoms with E-state index < -0.39 is 7.82 Å². The van der Waals surface area contributed by atoms with Gasteiger partial charge in [-0.3, -0.25) is 0 Å². The third kappa shape index (κ3) is 46.9. The van der Waals surface area contributed by atoms with E-state index in [1.165, 1.54) is 0 Å². The van der Waals surface area contributed by atoms with E-state index in [2.05, 4.69) is 0 Å². The Balaban J connectivity index is -0.00000000286. The van der Waals surface area contributed by atoms with Crippen LogP contribution in [0, 0.1) is 0 Å². The molecule has 0 aromatic carbocycles. The van der Waals surface area contributed by atoms with Gasteiger partial charge in [0.15, 0.2) is 0 Å². The Labute approximate surface area is 164 Å². The quantitative estimate of drug-likeness (QED) is 0.308. The van der Waals surface area contributed by atoms with Crippen LogP contribution in [0.5, 0.6) is 0 Å². The fourth-order valence-corrected chi connectivity index (χ4v) is 0. The molecule has 4 nitrogen and oxygen atoms in total. The van der Waals surface area contributed by atoms with Crippen LogP contribution in [0.3, 0.4) is 0 Å². The molecule has 0 spiro atoms. The van der Waals surface area contributed by atoms with Gasteiger partial charge in [-0.05, 0) is 0 Å². The average Bonchev–Trinajstić information content (AvgIpc) is 0.722. The Hall–Kier alpha value is 4.49. The summed E-state index contributed by atoms with van der Waals surface area (Å²) in [5, 5.41) is 0. The minimum Gasteiger partial charge on any atom is -1.00 e. The first-order chi connectivity index (χ1) is 2.00. The van der Waals surface area contributed by atoms with Crippen molar-refractivity contribution in [1.29, 1.82) is 0 Å². The first-order valence-corrected chi connectivity index (χ1v) is 2.35. The summed E-state index contributed by atoms with van der Waals surface area (Å²) in [5.41, 5.74) is 0. The van der Waals surface area contributed by atoms with Crippen LogP contribution in [0.15, 0.2) is 0 Å². The van der Waals surface area contributed by atoms with E-state index in [0.717, 1.165) is 0 Å². The monoisotopic (exact) mass is 270 g/mol. The molecular weight excluding hydrogens is 262 g/mol. The van der Waals surface area contributed by atoms with Gasteiger partial charge < -0.3 is 21.8 Å². The molecular formula is H8CaKO4PSr. The van der Waals surface area contributed by atoms with Crippen LogP contribution in [-0.2, 0) is 4.57 Å². The average molecular weight is 270 g/mol. The fraction of sp³-hybridized carbons (Fsp3) is 0. The molecule has 0 amide bonds. The number of hydrogen-bond acceptors (Lipinski definition) is 1. The molecule has 0 unspecified atom stereocenters. The Kier molecular flexibility index (Phi) is 32.8. The maximum absolute atomic E-state index is 8.88. The molecule has 0 radical (unpaired) electrons. The maximum Gasteiger partial charge on any atom is 2.00 e. The maximum atomic E-state index is 8.88.